The molecule has 1 aliphatic rings. The van der Waals surface area contributed by atoms with E-state index >= 15 is 0 Å². The summed E-state index contributed by atoms with van der Waals surface area (Å²) in [6.07, 6.45) is 2.35. The first-order chi connectivity index (χ1) is 17.8. The lowest BCUT2D eigenvalue weighted by molar-refractivity contribution is -0.129. The van der Waals surface area contributed by atoms with Crippen molar-refractivity contribution in [1.82, 2.24) is 40.6 Å². The Balaban J connectivity index is 1.67. The monoisotopic (exact) mass is 508 g/mol. The molecule has 2 aromatic heterocycles. The number of nitrogens with one attached hydrogen (secondary N) is 2. The molecule has 3 amide bonds. The van der Waals surface area contributed by atoms with Gasteiger partial charge in [0, 0.05) is 25.1 Å². The average molecular weight is 509 g/mol. The zero-order valence-corrected chi connectivity index (χ0v) is 21.3. The predicted octanol–water partition coefficient (Wildman–Crippen LogP) is 1.97. The topological polar surface area (TPSA) is 148 Å². The molecule has 37 heavy (non-hydrogen) atoms. The van der Waals surface area contributed by atoms with E-state index in [4.69, 9.17) is 10.1 Å². The zero-order chi connectivity index (χ0) is 26.4. The van der Waals surface area contributed by atoms with Gasteiger partial charge < -0.3 is 15.5 Å². The van der Waals surface area contributed by atoms with Crippen LogP contribution in [0.15, 0.2) is 41.2 Å². The number of nitrogens with zero attached hydrogens (tertiary/aromatic N) is 6. The summed E-state index contributed by atoms with van der Waals surface area (Å²) in [5.74, 6) is 0.412. The number of hydrogen-bond acceptors (Lipinski definition) is 8. The second kappa shape index (κ2) is 11.8. The summed E-state index contributed by atoms with van der Waals surface area (Å²) in [5, 5.41) is 17.8. The highest BCUT2D eigenvalue weighted by molar-refractivity contribution is 5.92. The molecule has 0 saturated carbocycles. The van der Waals surface area contributed by atoms with Crippen molar-refractivity contribution in [3.63, 3.8) is 0 Å². The minimum Gasteiger partial charge on any atom is -0.345 e. The van der Waals surface area contributed by atoms with Crippen LogP contribution in [0, 0.1) is 5.92 Å². The molecule has 4 rings (SSSR count). The molecule has 0 saturated heterocycles. The van der Waals surface area contributed by atoms with Crippen LogP contribution in [0.2, 0.25) is 0 Å². The first-order valence-corrected chi connectivity index (χ1v) is 12.5. The van der Waals surface area contributed by atoms with Crippen LogP contribution in [0.5, 0.6) is 0 Å². The Labute approximate surface area is 214 Å². The molecule has 2 N–H and O–H groups in total. The van der Waals surface area contributed by atoms with Crippen molar-refractivity contribution < 1.29 is 19.0 Å². The summed E-state index contributed by atoms with van der Waals surface area (Å²) in [4.78, 5) is 45.3. The Hall–Kier alpha value is -4.09. The highest BCUT2D eigenvalue weighted by atomic mass is 16.6. The van der Waals surface area contributed by atoms with Crippen LogP contribution in [0.3, 0.4) is 0 Å². The van der Waals surface area contributed by atoms with E-state index in [1.807, 2.05) is 51.1 Å². The van der Waals surface area contributed by atoms with E-state index in [0.717, 1.165) is 5.56 Å². The van der Waals surface area contributed by atoms with Crippen molar-refractivity contribution in [2.75, 3.05) is 13.1 Å². The number of aromatic nitrogens is 5. The van der Waals surface area contributed by atoms with Gasteiger partial charge in [0.2, 0.25) is 11.8 Å². The lowest BCUT2D eigenvalue weighted by Gasteiger charge is -2.25. The van der Waals surface area contributed by atoms with Crippen molar-refractivity contribution in [3.05, 3.63) is 48.0 Å². The molecule has 3 aromatic rings. The minimum absolute atomic E-state index is 0.0898. The molecule has 0 bridgehead atoms. The normalized spacial score (nSPS) is 19.6. The van der Waals surface area contributed by atoms with Gasteiger partial charge in [0.15, 0.2) is 11.5 Å². The second-order valence-corrected chi connectivity index (χ2v) is 9.55. The van der Waals surface area contributed by atoms with Crippen LogP contribution < -0.4 is 10.6 Å². The Morgan fingerprint density at radius 3 is 2.62 bits per heavy atom. The number of hydrogen-bond donors (Lipinski definition) is 2. The molecule has 3 heterocycles. The average Bonchev–Trinajstić information content (AvgIpc) is 3.56. The van der Waals surface area contributed by atoms with Crippen LogP contribution in [0.25, 0.3) is 11.4 Å². The Morgan fingerprint density at radius 1 is 1.14 bits per heavy atom. The summed E-state index contributed by atoms with van der Waals surface area (Å²) >= 11 is 0. The molecule has 196 valence electrons. The van der Waals surface area contributed by atoms with Gasteiger partial charge in [0.05, 0.1) is 12.6 Å². The standard InChI is InChI=1S/C25H32N8O4/c1-16(2)14-19-24(35)27-17(3)23-29-22(18-8-5-4-6-9-18)30-33(23)13-12-32(11-7-10-21(34)28-19)25(36)20-15-26-37-31-20/h4-6,8-9,15-17,19H,7,10-14H2,1-3H3,(H,27,35)(H,28,34)/t17-,19-/m1/s1. The molecule has 0 spiro atoms. The lowest BCUT2D eigenvalue weighted by atomic mass is 10.0. The fourth-order valence-electron chi connectivity index (χ4n) is 4.28. The highest BCUT2D eigenvalue weighted by Crippen LogP contribution is 2.20. The molecule has 1 aromatic carbocycles. The first kappa shape index (κ1) is 26.0. The van der Waals surface area contributed by atoms with Crippen LogP contribution in [-0.4, -0.2) is 66.8 Å². The number of rotatable bonds is 4. The summed E-state index contributed by atoms with van der Waals surface area (Å²) in [6, 6.07) is 8.38. The fraction of sp³-hybridized carbons (Fsp3) is 0.480. The third kappa shape index (κ3) is 6.57. The Kier molecular flexibility index (Phi) is 8.26. The largest absolute Gasteiger partial charge is 0.345 e. The number of carbonyl (C=O) groups is 3. The molecule has 12 heteroatoms. The molecule has 1 aliphatic heterocycles. The van der Waals surface area contributed by atoms with Crippen molar-refractivity contribution in [2.24, 2.45) is 5.92 Å². The fourth-order valence-corrected chi connectivity index (χ4v) is 4.28. The summed E-state index contributed by atoms with van der Waals surface area (Å²) < 4.78 is 6.33. The van der Waals surface area contributed by atoms with Gasteiger partial charge in [-0.1, -0.05) is 49.3 Å². The van der Waals surface area contributed by atoms with Crippen LogP contribution >= 0.6 is 0 Å². The van der Waals surface area contributed by atoms with Gasteiger partial charge in [-0.2, -0.15) is 5.10 Å². The van der Waals surface area contributed by atoms with Gasteiger partial charge in [-0.05, 0) is 30.8 Å². The van der Waals surface area contributed by atoms with Crippen molar-refractivity contribution >= 4 is 17.7 Å². The zero-order valence-electron chi connectivity index (χ0n) is 21.3. The molecular weight excluding hydrogens is 476 g/mol. The van der Waals surface area contributed by atoms with Gasteiger partial charge in [0.1, 0.15) is 18.1 Å². The van der Waals surface area contributed by atoms with Gasteiger partial charge in [-0.15, -0.1) is 0 Å². The van der Waals surface area contributed by atoms with Crippen molar-refractivity contribution in [3.8, 4) is 11.4 Å². The molecule has 0 unspecified atom stereocenters. The number of benzene rings is 1. The van der Waals surface area contributed by atoms with E-state index in [-0.39, 0.29) is 42.3 Å². The predicted molar refractivity (Wildman–Crippen MR) is 133 cm³/mol. The molecule has 2 atom stereocenters. The van der Waals surface area contributed by atoms with E-state index in [1.54, 1.807) is 9.58 Å². The summed E-state index contributed by atoms with van der Waals surface area (Å²) in [5.41, 5.74) is 0.928. The molecule has 0 aliphatic carbocycles. The van der Waals surface area contributed by atoms with E-state index in [1.165, 1.54) is 6.20 Å². The number of amides is 3. The minimum atomic E-state index is -0.679. The molecular formula is C25H32N8O4. The number of carbonyl (C=O) groups excluding carboxylic acids is 3. The van der Waals surface area contributed by atoms with E-state index in [0.29, 0.717) is 37.6 Å². The lowest BCUT2D eigenvalue weighted by Crippen LogP contribution is -2.48. The van der Waals surface area contributed by atoms with Crippen molar-refractivity contribution in [1.29, 1.82) is 0 Å². The van der Waals surface area contributed by atoms with Gasteiger partial charge in [0.25, 0.3) is 5.91 Å². The van der Waals surface area contributed by atoms with E-state index < -0.39 is 12.1 Å². The quantitative estimate of drug-likeness (QED) is 0.543. The maximum absolute atomic E-state index is 13.2. The van der Waals surface area contributed by atoms with Gasteiger partial charge >= 0.3 is 0 Å². The van der Waals surface area contributed by atoms with Crippen LogP contribution in [-0.2, 0) is 16.1 Å². The third-order valence-corrected chi connectivity index (χ3v) is 6.12. The SMILES string of the molecule is CC(C)C[C@H]1NC(=O)CCCN(C(=O)c2cnon2)CCn2nc(-c3ccccc3)nc2[C@@H](C)NC1=O. The molecule has 0 fully saturated rings. The van der Waals surface area contributed by atoms with Gasteiger partial charge in [-0.25, -0.2) is 14.3 Å². The van der Waals surface area contributed by atoms with Crippen LogP contribution in [0.1, 0.15) is 62.4 Å². The number of fused-ring (bicyclic) bond motifs is 1. The Bertz CT molecular complexity index is 1210. The van der Waals surface area contributed by atoms with Crippen molar-refractivity contribution in [2.45, 2.75) is 58.7 Å². The summed E-state index contributed by atoms with van der Waals surface area (Å²) in [6.45, 7) is 6.75. The van der Waals surface area contributed by atoms with Crippen LogP contribution in [0.4, 0.5) is 0 Å². The maximum atomic E-state index is 13.2. The maximum Gasteiger partial charge on any atom is 0.277 e. The Morgan fingerprint density at radius 2 is 1.92 bits per heavy atom. The smallest absolute Gasteiger partial charge is 0.277 e. The molecule has 12 nitrogen and oxygen atoms in total. The molecule has 0 radical (unpaired) electrons. The highest BCUT2D eigenvalue weighted by Gasteiger charge is 2.27. The van der Waals surface area contributed by atoms with Gasteiger partial charge in [-0.3, -0.25) is 14.4 Å². The van der Waals surface area contributed by atoms with E-state index in [9.17, 15) is 14.4 Å². The van der Waals surface area contributed by atoms with E-state index in [2.05, 4.69) is 25.6 Å². The first-order valence-electron chi connectivity index (χ1n) is 12.5. The second-order valence-electron chi connectivity index (χ2n) is 9.55. The third-order valence-electron chi connectivity index (χ3n) is 6.12. The summed E-state index contributed by atoms with van der Waals surface area (Å²) in [7, 11) is 0.